The maximum absolute atomic E-state index is 12.4. The Morgan fingerprint density at radius 1 is 1.11 bits per heavy atom. The van der Waals surface area contributed by atoms with Gasteiger partial charge >= 0.3 is 0 Å². The van der Waals surface area contributed by atoms with E-state index in [1.807, 2.05) is 24.3 Å². The van der Waals surface area contributed by atoms with Gasteiger partial charge in [-0.1, -0.05) is 24.6 Å². The van der Waals surface area contributed by atoms with Crippen molar-refractivity contribution in [3.8, 4) is 0 Å². The fraction of sp³-hybridized carbons (Fsp3) is 0.550. The standard InChI is InChI=1S/C20H27N3O3S/c24-18(13-27-14-19(25)22-12-15-4-3-5-15)21-9-11-23-10-8-16-6-1-2-7-17(16)20(23)26/h1-2,6-7,15H,3-5,8-14H2,(H,21,24)(H,22,25). The van der Waals surface area contributed by atoms with E-state index in [9.17, 15) is 14.4 Å². The molecule has 1 fully saturated rings. The summed E-state index contributed by atoms with van der Waals surface area (Å²) < 4.78 is 0. The summed E-state index contributed by atoms with van der Waals surface area (Å²) in [6.45, 7) is 2.38. The Bertz CT molecular complexity index is 691. The smallest absolute Gasteiger partial charge is 0.254 e. The average molecular weight is 390 g/mol. The number of benzene rings is 1. The van der Waals surface area contributed by atoms with Crippen molar-refractivity contribution in [3.63, 3.8) is 0 Å². The summed E-state index contributed by atoms with van der Waals surface area (Å²) in [4.78, 5) is 37.8. The number of carbonyl (C=O) groups is 3. The van der Waals surface area contributed by atoms with E-state index in [4.69, 9.17) is 0 Å². The lowest BCUT2D eigenvalue weighted by Crippen LogP contribution is -2.42. The third-order valence-corrected chi connectivity index (χ3v) is 6.10. The van der Waals surface area contributed by atoms with Gasteiger partial charge in [-0.05, 0) is 36.8 Å². The fourth-order valence-electron chi connectivity index (χ4n) is 3.31. The SMILES string of the molecule is O=C(CSCC(=O)NCC1CCC1)NCCN1CCc2ccccc2C1=O. The van der Waals surface area contributed by atoms with Crippen LogP contribution in [0.5, 0.6) is 0 Å². The predicted molar refractivity (Wildman–Crippen MR) is 107 cm³/mol. The molecular formula is C20H27N3O3S. The van der Waals surface area contributed by atoms with Gasteiger partial charge in [0.2, 0.25) is 11.8 Å². The van der Waals surface area contributed by atoms with Gasteiger partial charge in [0.15, 0.2) is 0 Å². The van der Waals surface area contributed by atoms with Crippen molar-refractivity contribution >= 4 is 29.5 Å². The Balaban J connectivity index is 1.27. The van der Waals surface area contributed by atoms with E-state index in [2.05, 4.69) is 10.6 Å². The molecule has 0 aromatic heterocycles. The molecule has 0 atom stereocenters. The number of amides is 3. The minimum absolute atomic E-state index is 0.00252. The summed E-state index contributed by atoms with van der Waals surface area (Å²) in [5.41, 5.74) is 1.85. The lowest BCUT2D eigenvalue weighted by molar-refractivity contribution is -0.119. The van der Waals surface area contributed by atoms with Gasteiger partial charge in [-0.15, -0.1) is 11.8 Å². The van der Waals surface area contributed by atoms with Crippen LogP contribution in [0, 0.1) is 5.92 Å². The molecule has 0 bridgehead atoms. The van der Waals surface area contributed by atoms with Crippen LogP contribution in [-0.4, -0.2) is 60.3 Å². The Hall–Kier alpha value is -2.02. The third kappa shape index (κ3) is 5.73. The van der Waals surface area contributed by atoms with E-state index in [0.717, 1.165) is 24.1 Å². The van der Waals surface area contributed by atoms with E-state index < -0.39 is 0 Å². The Morgan fingerprint density at radius 3 is 2.59 bits per heavy atom. The number of fused-ring (bicyclic) bond motifs is 1. The maximum atomic E-state index is 12.4. The molecule has 146 valence electrons. The molecular weight excluding hydrogens is 362 g/mol. The van der Waals surface area contributed by atoms with Gasteiger partial charge in [0.05, 0.1) is 11.5 Å². The molecule has 1 saturated carbocycles. The molecule has 7 heteroatoms. The summed E-state index contributed by atoms with van der Waals surface area (Å²) >= 11 is 1.32. The zero-order valence-electron chi connectivity index (χ0n) is 15.5. The first-order valence-electron chi connectivity index (χ1n) is 9.62. The highest BCUT2D eigenvalue weighted by Crippen LogP contribution is 2.25. The molecule has 6 nitrogen and oxygen atoms in total. The molecule has 3 rings (SSSR count). The normalized spacial score (nSPS) is 16.4. The molecule has 0 spiro atoms. The van der Waals surface area contributed by atoms with Gasteiger partial charge in [-0.3, -0.25) is 14.4 Å². The van der Waals surface area contributed by atoms with Crippen LogP contribution in [0.15, 0.2) is 24.3 Å². The zero-order valence-corrected chi connectivity index (χ0v) is 16.4. The molecule has 1 aliphatic heterocycles. The Labute approximate surface area is 164 Å². The lowest BCUT2D eigenvalue weighted by Gasteiger charge is -2.28. The molecule has 1 aliphatic carbocycles. The second-order valence-electron chi connectivity index (χ2n) is 7.14. The minimum atomic E-state index is -0.100. The number of rotatable bonds is 9. The van der Waals surface area contributed by atoms with E-state index in [1.165, 1.54) is 31.0 Å². The summed E-state index contributed by atoms with van der Waals surface area (Å²) in [5, 5.41) is 5.75. The number of thioether (sulfide) groups is 1. The van der Waals surface area contributed by atoms with Crippen molar-refractivity contribution in [1.29, 1.82) is 0 Å². The van der Waals surface area contributed by atoms with E-state index in [0.29, 0.717) is 31.3 Å². The van der Waals surface area contributed by atoms with Gasteiger partial charge in [0, 0.05) is 31.7 Å². The Morgan fingerprint density at radius 2 is 1.85 bits per heavy atom. The van der Waals surface area contributed by atoms with Crippen LogP contribution in [0.2, 0.25) is 0 Å². The van der Waals surface area contributed by atoms with Crippen LogP contribution in [-0.2, 0) is 16.0 Å². The monoisotopic (exact) mass is 389 g/mol. The first kappa shape index (κ1) is 19.7. The lowest BCUT2D eigenvalue weighted by atomic mass is 9.85. The molecule has 1 aromatic carbocycles. The van der Waals surface area contributed by atoms with Gasteiger partial charge < -0.3 is 15.5 Å². The predicted octanol–water partition coefficient (Wildman–Crippen LogP) is 1.45. The third-order valence-electron chi connectivity index (χ3n) is 5.17. The summed E-state index contributed by atoms with van der Waals surface area (Å²) in [6.07, 6.45) is 4.54. The summed E-state index contributed by atoms with van der Waals surface area (Å²) in [6, 6.07) is 7.68. The average Bonchev–Trinajstić information content (AvgIpc) is 2.62. The molecule has 2 aliphatic rings. The van der Waals surface area contributed by atoms with Crippen molar-refractivity contribution in [3.05, 3.63) is 35.4 Å². The van der Waals surface area contributed by atoms with Crippen molar-refractivity contribution in [2.75, 3.05) is 37.7 Å². The topological polar surface area (TPSA) is 78.5 Å². The molecule has 3 amide bonds. The van der Waals surface area contributed by atoms with Gasteiger partial charge in [-0.25, -0.2) is 0 Å². The minimum Gasteiger partial charge on any atom is -0.355 e. The van der Waals surface area contributed by atoms with Crippen LogP contribution in [0.3, 0.4) is 0 Å². The number of nitrogens with one attached hydrogen (secondary N) is 2. The molecule has 1 heterocycles. The van der Waals surface area contributed by atoms with Crippen molar-refractivity contribution in [2.45, 2.75) is 25.7 Å². The largest absolute Gasteiger partial charge is 0.355 e. The van der Waals surface area contributed by atoms with Crippen LogP contribution in [0.25, 0.3) is 0 Å². The summed E-state index contributed by atoms with van der Waals surface area (Å²) in [5.74, 6) is 1.14. The van der Waals surface area contributed by atoms with Crippen molar-refractivity contribution in [1.82, 2.24) is 15.5 Å². The molecule has 0 radical (unpaired) electrons. The van der Waals surface area contributed by atoms with Gasteiger partial charge in [0.1, 0.15) is 0 Å². The highest BCUT2D eigenvalue weighted by Gasteiger charge is 2.23. The number of hydrogen-bond donors (Lipinski definition) is 2. The summed E-state index contributed by atoms with van der Waals surface area (Å²) in [7, 11) is 0. The molecule has 27 heavy (non-hydrogen) atoms. The van der Waals surface area contributed by atoms with Crippen LogP contribution < -0.4 is 10.6 Å². The van der Waals surface area contributed by atoms with Crippen LogP contribution >= 0.6 is 11.8 Å². The second-order valence-corrected chi connectivity index (χ2v) is 8.13. The molecule has 0 saturated heterocycles. The van der Waals surface area contributed by atoms with E-state index in [-0.39, 0.29) is 23.5 Å². The van der Waals surface area contributed by atoms with E-state index >= 15 is 0 Å². The van der Waals surface area contributed by atoms with Crippen LogP contribution in [0.1, 0.15) is 35.2 Å². The van der Waals surface area contributed by atoms with Crippen LogP contribution in [0.4, 0.5) is 0 Å². The maximum Gasteiger partial charge on any atom is 0.254 e. The Kier molecular flexibility index (Phi) is 7.15. The quantitative estimate of drug-likeness (QED) is 0.670. The first-order chi connectivity index (χ1) is 13.1. The molecule has 2 N–H and O–H groups in total. The van der Waals surface area contributed by atoms with Crippen molar-refractivity contribution < 1.29 is 14.4 Å². The molecule has 1 aromatic rings. The fourth-order valence-corrected chi connectivity index (χ4v) is 3.99. The highest BCUT2D eigenvalue weighted by atomic mass is 32.2. The van der Waals surface area contributed by atoms with E-state index in [1.54, 1.807) is 4.90 Å². The number of nitrogens with zero attached hydrogens (tertiary/aromatic N) is 1. The number of carbonyl (C=O) groups excluding carboxylic acids is 3. The zero-order chi connectivity index (χ0) is 19.1. The second kappa shape index (κ2) is 9.78. The molecule has 0 unspecified atom stereocenters. The van der Waals surface area contributed by atoms with Gasteiger partial charge in [0.25, 0.3) is 5.91 Å². The van der Waals surface area contributed by atoms with Crippen molar-refractivity contribution in [2.24, 2.45) is 5.92 Å². The van der Waals surface area contributed by atoms with Gasteiger partial charge in [-0.2, -0.15) is 0 Å². The first-order valence-corrected chi connectivity index (χ1v) is 10.8. The highest BCUT2D eigenvalue weighted by molar-refractivity contribution is 8.00. The number of hydrogen-bond acceptors (Lipinski definition) is 4.